The molecule has 0 radical (unpaired) electrons. The highest BCUT2D eigenvalue weighted by Gasteiger charge is 2.37. The predicted octanol–water partition coefficient (Wildman–Crippen LogP) is 4.70. The molecule has 4 amide bonds. The average molecular weight is 474 g/mol. The van der Waals surface area contributed by atoms with E-state index in [1.165, 1.54) is 19.3 Å². The molecule has 8 heteroatoms. The number of nitrogens with zero attached hydrogens (tertiary/aromatic N) is 1. The van der Waals surface area contributed by atoms with E-state index in [1.54, 1.807) is 55.5 Å². The summed E-state index contributed by atoms with van der Waals surface area (Å²) >= 11 is 0. The zero-order chi connectivity index (χ0) is 25.1. The number of hydrogen-bond acceptors (Lipinski definition) is 5. The summed E-state index contributed by atoms with van der Waals surface area (Å²) in [6.07, 6.45) is 1.38. The van der Waals surface area contributed by atoms with Gasteiger partial charge in [-0.25, -0.2) is 14.1 Å². The second-order valence-corrected chi connectivity index (χ2v) is 8.04. The third kappa shape index (κ3) is 4.91. The third-order valence-corrected chi connectivity index (χ3v) is 5.53. The molecule has 0 aliphatic carbocycles. The Morgan fingerprint density at radius 2 is 1.74 bits per heavy atom. The summed E-state index contributed by atoms with van der Waals surface area (Å²) in [5.41, 5.74) is 2.76. The minimum Gasteiger partial charge on any atom is -0.493 e. The van der Waals surface area contributed by atoms with Gasteiger partial charge in [0.2, 0.25) is 0 Å². The highest BCUT2D eigenvalue weighted by molar-refractivity contribution is 6.39. The highest BCUT2D eigenvalue weighted by atomic mass is 19.1. The lowest BCUT2D eigenvalue weighted by Gasteiger charge is -2.27. The lowest BCUT2D eigenvalue weighted by atomic mass is 10.0. The molecule has 1 saturated heterocycles. The van der Waals surface area contributed by atoms with Crippen molar-refractivity contribution in [2.45, 2.75) is 20.5 Å². The number of hydrogen-bond donors (Lipinski definition) is 1. The summed E-state index contributed by atoms with van der Waals surface area (Å²) in [5.74, 6) is -1.20. The molecule has 1 fully saturated rings. The maximum atomic E-state index is 13.9. The van der Waals surface area contributed by atoms with Crippen molar-refractivity contribution in [2.24, 2.45) is 0 Å². The molecule has 35 heavy (non-hydrogen) atoms. The molecule has 0 atom stereocenters. The fourth-order valence-electron chi connectivity index (χ4n) is 3.76. The van der Waals surface area contributed by atoms with Crippen molar-refractivity contribution in [1.29, 1.82) is 0 Å². The van der Waals surface area contributed by atoms with Crippen LogP contribution >= 0.6 is 0 Å². The van der Waals surface area contributed by atoms with Crippen molar-refractivity contribution in [2.75, 3.05) is 12.0 Å². The van der Waals surface area contributed by atoms with Crippen molar-refractivity contribution in [3.05, 3.63) is 94.3 Å². The van der Waals surface area contributed by atoms with Gasteiger partial charge in [0.1, 0.15) is 18.0 Å². The van der Waals surface area contributed by atoms with Crippen LogP contribution in [0.4, 0.5) is 14.9 Å². The molecule has 0 aromatic heterocycles. The Morgan fingerprint density at radius 1 is 0.971 bits per heavy atom. The van der Waals surface area contributed by atoms with Crippen LogP contribution in [0.25, 0.3) is 6.08 Å². The first kappa shape index (κ1) is 23.7. The van der Waals surface area contributed by atoms with Gasteiger partial charge in [0.05, 0.1) is 12.8 Å². The number of urea groups is 1. The number of benzene rings is 3. The molecular formula is C27H23FN2O5. The Balaban J connectivity index is 1.62. The fourth-order valence-corrected chi connectivity index (χ4v) is 3.76. The van der Waals surface area contributed by atoms with Crippen molar-refractivity contribution >= 4 is 29.6 Å². The number of rotatable bonds is 6. The van der Waals surface area contributed by atoms with E-state index < -0.39 is 17.8 Å². The average Bonchev–Trinajstić information content (AvgIpc) is 2.82. The summed E-state index contributed by atoms with van der Waals surface area (Å²) in [6, 6.07) is 15.6. The standard InChI is InChI=1S/C27H23FN2O5/c1-16-8-10-22(17(2)12-16)30-26(32)20(25(31)29-27(30)33)13-18-9-11-23(24(14-18)34-3)35-15-19-6-4-5-7-21(19)28/h4-14H,15H2,1-3H3,(H,29,31,33)/b20-13+. The number of ether oxygens (including phenoxy) is 2. The second kappa shape index (κ2) is 9.80. The van der Waals surface area contributed by atoms with Gasteiger partial charge in [-0.2, -0.15) is 0 Å². The molecule has 1 aliphatic heterocycles. The first-order chi connectivity index (χ1) is 16.8. The number of imide groups is 2. The van der Waals surface area contributed by atoms with Crippen LogP contribution in [-0.2, 0) is 16.2 Å². The molecule has 0 bridgehead atoms. The SMILES string of the molecule is COc1cc(/C=C2\C(=O)NC(=O)N(c3ccc(C)cc3C)C2=O)ccc1OCc1ccccc1F. The van der Waals surface area contributed by atoms with E-state index in [0.29, 0.717) is 28.3 Å². The molecule has 3 aromatic carbocycles. The Morgan fingerprint density at radius 3 is 2.46 bits per heavy atom. The molecule has 1 N–H and O–H groups in total. The number of anilines is 1. The van der Waals surface area contributed by atoms with E-state index in [9.17, 15) is 18.8 Å². The number of aryl methyl sites for hydroxylation is 2. The molecule has 4 rings (SSSR count). The number of amides is 4. The molecule has 1 heterocycles. The van der Waals surface area contributed by atoms with Crippen molar-refractivity contribution in [3.63, 3.8) is 0 Å². The van der Waals surface area contributed by atoms with Gasteiger partial charge in [0.25, 0.3) is 11.8 Å². The Hall–Kier alpha value is -4.46. The predicted molar refractivity (Wildman–Crippen MR) is 129 cm³/mol. The first-order valence-corrected chi connectivity index (χ1v) is 10.8. The van der Waals surface area contributed by atoms with Gasteiger partial charge >= 0.3 is 6.03 Å². The Bertz CT molecular complexity index is 1370. The Labute approximate surface area is 201 Å². The maximum absolute atomic E-state index is 13.9. The normalized spacial score (nSPS) is 14.8. The summed E-state index contributed by atoms with van der Waals surface area (Å²) in [4.78, 5) is 39.1. The smallest absolute Gasteiger partial charge is 0.335 e. The molecule has 1 aliphatic rings. The van der Waals surface area contributed by atoms with E-state index in [2.05, 4.69) is 5.32 Å². The van der Waals surface area contributed by atoms with E-state index in [4.69, 9.17) is 9.47 Å². The number of barbiturate groups is 1. The fraction of sp³-hybridized carbons (Fsp3) is 0.148. The molecule has 178 valence electrons. The van der Waals surface area contributed by atoms with Gasteiger partial charge in [-0.1, -0.05) is 42.0 Å². The van der Waals surface area contributed by atoms with Crippen LogP contribution < -0.4 is 19.7 Å². The summed E-state index contributed by atoms with van der Waals surface area (Å²) in [6.45, 7) is 3.69. The van der Waals surface area contributed by atoms with Gasteiger partial charge in [-0.05, 0) is 55.3 Å². The van der Waals surface area contributed by atoms with E-state index >= 15 is 0 Å². The van der Waals surface area contributed by atoms with Crippen molar-refractivity contribution in [1.82, 2.24) is 5.32 Å². The lowest BCUT2D eigenvalue weighted by Crippen LogP contribution is -2.54. The van der Waals surface area contributed by atoms with Crippen LogP contribution in [-0.4, -0.2) is 25.0 Å². The highest BCUT2D eigenvalue weighted by Crippen LogP contribution is 2.31. The zero-order valence-electron chi connectivity index (χ0n) is 19.4. The molecule has 0 spiro atoms. The number of carbonyl (C=O) groups excluding carboxylic acids is 3. The van der Waals surface area contributed by atoms with Crippen LogP contribution in [0.3, 0.4) is 0 Å². The van der Waals surface area contributed by atoms with Gasteiger partial charge in [-0.3, -0.25) is 14.9 Å². The molecule has 7 nitrogen and oxygen atoms in total. The number of carbonyl (C=O) groups is 3. The summed E-state index contributed by atoms with van der Waals surface area (Å²) in [7, 11) is 1.45. The van der Waals surface area contributed by atoms with Crippen LogP contribution in [0.2, 0.25) is 0 Å². The Kier molecular flexibility index (Phi) is 6.64. The molecular weight excluding hydrogens is 451 g/mol. The molecule has 0 unspecified atom stereocenters. The molecule has 0 saturated carbocycles. The van der Waals surface area contributed by atoms with E-state index in [1.807, 2.05) is 13.0 Å². The second-order valence-electron chi connectivity index (χ2n) is 8.04. The van der Waals surface area contributed by atoms with Gasteiger partial charge < -0.3 is 9.47 Å². The van der Waals surface area contributed by atoms with Crippen molar-refractivity contribution in [3.8, 4) is 11.5 Å². The van der Waals surface area contributed by atoms with Crippen molar-refractivity contribution < 1.29 is 28.2 Å². The van der Waals surface area contributed by atoms with Gasteiger partial charge in [-0.15, -0.1) is 0 Å². The van der Waals surface area contributed by atoms with Crippen LogP contribution in [0, 0.1) is 19.7 Å². The quantitative estimate of drug-likeness (QED) is 0.414. The lowest BCUT2D eigenvalue weighted by molar-refractivity contribution is -0.122. The number of methoxy groups -OCH3 is 1. The van der Waals surface area contributed by atoms with Gasteiger partial charge in [0, 0.05) is 5.56 Å². The third-order valence-electron chi connectivity index (χ3n) is 5.53. The monoisotopic (exact) mass is 474 g/mol. The van der Waals surface area contributed by atoms with Crippen LogP contribution in [0.15, 0.2) is 66.2 Å². The molecule has 3 aromatic rings. The maximum Gasteiger partial charge on any atom is 0.335 e. The minimum absolute atomic E-state index is 0.00265. The summed E-state index contributed by atoms with van der Waals surface area (Å²) in [5, 5.41) is 2.22. The van der Waals surface area contributed by atoms with Crippen LogP contribution in [0.5, 0.6) is 11.5 Å². The number of nitrogens with one attached hydrogen (secondary N) is 1. The zero-order valence-corrected chi connectivity index (χ0v) is 19.4. The summed E-state index contributed by atoms with van der Waals surface area (Å²) < 4.78 is 25.0. The largest absolute Gasteiger partial charge is 0.493 e. The van der Waals surface area contributed by atoms with E-state index in [-0.39, 0.29) is 18.0 Å². The minimum atomic E-state index is -0.807. The topological polar surface area (TPSA) is 84.9 Å². The van der Waals surface area contributed by atoms with Gasteiger partial charge in [0.15, 0.2) is 11.5 Å². The number of halogens is 1. The van der Waals surface area contributed by atoms with E-state index in [0.717, 1.165) is 16.0 Å². The first-order valence-electron chi connectivity index (χ1n) is 10.8. The van der Waals surface area contributed by atoms with Crippen LogP contribution in [0.1, 0.15) is 22.3 Å².